The molecule has 1 aromatic carbocycles. The first-order chi connectivity index (χ1) is 7.03. The highest BCUT2D eigenvalue weighted by Gasteiger charge is 2.07. The monoisotopic (exact) mass is 230 g/mol. The van der Waals surface area contributed by atoms with E-state index in [1.54, 1.807) is 19.1 Å². The lowest BCUT2D eigenvalue weighted by Gasteiger charge is -2.05. The number of ether oxygens (including phenoxy) is 1. The van der Waals surface area contributed by atoms with Crippen molar-refractivity contribution < 1.29 is 18.3 Å². The van der Waals surface area contributed by atoms with Crippen molar-refractivity contribution in [2.45, 2.75) is 6.92 Å². The molecule has 0 aliphatic heterocycles. The van der Waals surface area contributed by atoms with Crippen LogP contribution in [0.1, 0.15) is 6.92 Å². The van der Waals surface area contributed by atoms with E-state index in [2.05, 4.69) is 0 Å². The Morgan fingerprint density at radius 1 is 1.40 bits per heavy atom. The number of hydrogen-bond acceptors (Lipinski definition) is 4. The predicted molar refractivity (Wildman–Crippen MR) is 57.9 cm³/mol. The van der Waals surface area contributed by atoms with Gasteiger partial charge in [0.05, 0.1) is 5.75 Å². The van der Waals surface area contributed by atoms with Crippen molar-refractivity contribution in [1.29, 1.82) is 0 Å². The number of phenolic OH excluding ortho intramolecular Hbond substituents is 1. The molecule has 0 unspecified atom stereocenters. The van der Waals surface area contributed by atoms with Crippen LogP contribution in [0.4, 0.5) is 0 Å². The van der Waals surface area contributed by atoms with Gasteiger partial charge in [0.25, 0.3) is 0 Å². The van der Waals surface area contributed by atoms with Gasteiger partial charge >= 0.3 is 0 Å². The van der Waals surface area contributed by atoms with E-state index in [0.717, 1.165) is 0 Å². The first-order valence-electron chi connectivity index (χ1n) is 4.66. The second-order valence-corrected chi connectivity index (χ2v) is 5.55. The maximum absolute atomic E-state index is 11.1. The molecular weight excluding hydrogens is 216 g/mol. The second kappa shape index (κ2) is 5.02. The molecule has 0 heterocycles. The summed E-state index contributed by atoms with van der Waals surface area (Å²) in [5.74, 6) is 0.697. The molecule has 0 fully saturated rings. The number of sulfone groups is 1. The maximum atomic E-state index is 11.1. The Morgan fingerprint density at radius 2 is 2.13 bits per heavy atom. The Hall–Kier alpha value is -1.23. The van der Waals surface area contributed by atoms with Crippen LogP contribution in [-0.2, 0) is 9.84 Å². The number of rotatable bonds is 5. The molecule has 1 rings (SSSR count). The van der Waals surface area contributed by atoms with Gasteiger partial charge in [-0.15, -0.1) is 0 Å². The van der Waals surface area contributed by atoms with E-state index < -0.39 is 9.84 Å². The van der Waals surface area contributed by atoms with E-state index in [1.165, 1.54) is 12.1 Å². The van der Waals surface area contributed by atoms with Crippen LogP contribution in [0.25, 0.3) is 0 Å². The normalized spacial score (nSPS) is 11.3. The summed E-state index contributed by atoms with van der Waals surface area (Å²) >= 11 is 0. The summed E-state index contributed by atoms with van der Waals surface area (Å²) in [5.41, 5.74) is 0. The standard InChI is InChI=1S/C10H14O4S/c1-2-15(12,13)7-6-14-10-5-3-4-9(11)8-10/h3-5,8,11H,2,6-7H2,1H3. The highest BCUT2D eigenvalue weighted by atomic mass is 32.2. The van der Waals surface area contributed by atoms with Gasteiger partial charge in [-0.05, 0) is 12.1 Å². The van der Waals surface area contributed by atoms with Gasteiger partial charge in [0.2, 0.25) is 0 Å². The molecule has 0 aliphatic rings. The number of aromatic hydroxyl groups is 1. The fourth-order valence-corrected chi connectivity index (χ4v) is 1.63. The van der Waals surface area contributed by atoms with Crippen LogP contribution < -0.4 is 4.74 Å². The van der Waals surface area contributed by atoms with Crippen molar-refractivity contribution in [2.75, 3.05) is 18.1 Å². The molecule has 0 bridgehead atoms. The molecule has 5 heteroatoms. The van der Waals surface area contributed by atoms with E-state index in [1.807, 2.05) is 0 Å². The Balaban J connectivity index is 2.45. The van der Waals surface area contributed by atoms with Crippen molar-refractivity contribution >= 4 is 9.84 Å². The largest absolute Gasteiger partial charge is 0.508 e. The van der Waals surface area contributed by atoms with Gasteiger partial charge in [-0.2, -0.15) is 0 Å². The molecule has 4 nitrogen and oxygen atoms in total. The molecule has 1 N–H and O–H groups in total. The van der Waals surface area contributed by atoms with Crippen molar-refractivity contribution in [1.82, 2.24) is 0 Å². The molecular formula is C10H14O4S. The Bertz CT molecular complexity index is 411. The molecule has 15 heavy (non-hydrogen) atoms. The van der Waals surface area contributed by atoms with Crippen LogP contribution in [0.3, 0.4) is 0 Å². The van der Waals surface area contributed by atoms with Gasteiger partial charge in [-0.1, -0.05) is 13.0 Å². The van der Waals surface area contributed by atoms with Gasteiger partial charge in [0.1, 0.15) is 18.1 Å². The van der Waals surface area contributed by atoms with Crippen molar-refractivity contribution in [3.63, 3.8) is 0 Å². The minimum absolute atomic E-state index is 0.000837. The number of benzene rings is 1. The fraction of sp³-hybridized carbons (Fsp3) is 0.400. The topological polar surface area (TPSA) is 63.6 Å². The Morgan fingerprint density at radius 3 is 2.73 bits per heavy atom. The average molecular weight is 230 g/mol. The second-order valence-electron chi connectivity index (χ2n) is 3.08. The van der Waals surface area contributed by atoms with E-state index in [4.69, 9.17) is 9.84 Å². The molecule has 0 aliphatic carbocycles. The zero-order chi connectivity index (χ0) is 11.3. The van der Waals surface area contributed by atoms with E-state index >= 15 is 0 Å². The smallest absolute Gasteiger partial charge is 0.153 e. The quantitative estimate of drug-likeness (QED) is 0.825. The van der Waals surface area contributed by atoms with Crippen molar-refractivity contribution in [3.05, 3.63) is 24.3 Å². The third-order valence-corrected chi connectivity index (χ3v) is 3.59. The first kappa shape index (κ1) is 11.8. The Labute approximate surface area is 89.4 Å². The van der Waals surface area contributed by atoms with E-state index in [9.17, 15) is 8.42 Å². The van der Waals surface area contributed by atoms with E-state index in [0.29, 0.717) is 5.75 Å². The minimum Gasteiger partial charge on any atom is -0.508 e. The maximum Gasteiger partial charge on any atom is 0.153 e. The summed E-state index contributed by atoms with van der Waals surface area (Å²) in [5, 5.41) is 9.12. The summed E-state index contributed by atoms with van der Waals surface area (Å²) in [6.07, 6.45) is 0. The van der Waals surface area contributed by atoms with Crippen LogP contribution in [-0.4, -0.2) is 31.6 Å². The number of phenols is 1. The van der Waals surface area contributed by atoms with Crippen LogP contribution in [0.2, 0.25) is 0 Å². The molecule has 0 atom stereocenters. The molecule has 1 aromatic rings. The van der Waals surface area contributed by atoms with Crippen LogP contribution >= 0.6 is 0 Å². The zero-order valence-electron chi connectivity index (χ0n) is 8.51. The van der Waals surface area contributed by atoms with Gasteiger partial charge in [0, 0.05) is 11.8 Å². The fourth-order valence-electron chi connectivity index (χ4n) is 1.00. The van der Waals surface area contributed by atoms with E-state index in [-0.39, 0.29) is 23.9 Å². The zero-order valence-corrected chi connectivity index (χ0v) is 9.33. The molecule has 0 spiro atoms. The van der Waals surface area contributed by atoms with Gasteiger partial charge in [-0.3, -0.25) is 0 Å². The van der Waals surface area contributed by atoms with Gasteiger partial charge < -0.3 is 9.84 Å². The lowest BCUT2D eigenvalue weighted by atomic mass is 10.3. The molecule has 0 saturated heterocycles. The molecule has 0 saturated carbocycles. The Kier molecular flexibility index (Phi) is 3.96. The average Bonchev–Trinajstić information content (AvgIpc) is 2.18. The lowest BCUT2D eigenvalue weighted by Crippen LogP contribution is -2.15. The van der Waals surface area contributed by atoms with Crippen LogP contribution in [0, 0.1) is 0 Å². The molecule has 0 radical (unpaired) electrons. The van der Waals surface area contributed by atoms with Gasteiger partial charge in [-0.25, -0.2) is 8.42 Å². The first-order valence-corrected chi connectivity index (χ1v) is 6.48. The SMILES string of the molecule is CCS(=O)(=O)CCOc1cccc(O)c1. The lowest BCUT2D eigenvalue weighted by molar-refractivity contribution is 0.338. The summed E-state index contributed by atoms with van der Waals surface area (Å²) in [4.78, 5) is 0. The number of hydrogen-bond donors (Lipinski definition) is 1. The third kappa shape index (κ3) is 4.20. The molecule has 0 aromatic heterocycles. The van der Waals surface area contributed by atoms with Crippen molar-refractivity contribution in [3.8, 4) is 11.5 Å². The summed E-state index contributed by atoms with van der Waals surface area (Å²) in [6, 6.07) is 6.27. The summed E-state index contributed by atoms with van der Waals surface area (Å²) in [6.45, 7) is 1.71. The minimum atomic E-state index is -2.99. The summed E-state index contributed by atoms with van der Waals surface area (Å²) < 4.78 is 27.4. The summed E-state index contributed by atoms with van der Waals surface area (Å²) in [7, 11) is -2.99. The highest BCUT2D eigenvalue weighted by Crippen LogP contribution is 2.17. The predicted octanol–water partition coefficient (Wildman–Crippen LogP) is 1.21. The van der Waals surface area contributed by atoms with Crippen molar-refractivity contribution in [2.24, 2.45) is 0 Å². The molecule has 0 amide bonds. The van der Waals surface area contributed by atoms with Crippen LogP contribution in [0.15, 0.2) is 24.3 Å². The third-order valence-electron chi connectivity index (χ3n) is 1.92. The highest BCUT2D eigenvalue weighted by molar-refractivity contribution is 7.91. The van der Waals surface area contributed by atoms with Gasteiger partial charge in [0.15, 0.2) is 9.84 Å². The van der Waals surface area contributed by atoms with Crippen LogP contribution in [0.5, 0.6) is 11.5 Å². The molecule has 84 valence electrons.